The molecule has 0 saturated carbocycles. The topological polar surface area (TPSA) is 75.7 Å². The number of hydrogen-bond acceptors (Lipinski definition) is 5. The van der Waals surface area contributed by atoms with Gasteiger partial charge in [0.25, 0.3) is 5.91 Å². The van der Waals surface area contributed by atoms with E-state index in [1.165, 1.54) is 32.3 Å². The summed E-state index contributed by atoms with van der Waals surface area (Å²) in [5, 5.41) is 3.08. The van der Waals surface area contributed by atoms with E-state index in [-0.39, 0.29) is 22.4 Å². The number of rotatable bonds is 5. The van der Waals surface area contributed by atoms with Gasteiger partial charge in [-0.1, -0.05) is 11.6 Å². The molecule has 24 heavy (non-hydrogen) atoms. The summed E-state index contributed by atoms with van der Waals surface area (Å²) < 4.78 is 18.7. The van der Waals surface area contributed by atoms with Crippen molar-refractivity contribution in [3.63, 3.8) is 0 Å². The van der Waals surface area contributed by atoms with E-state index in [9.17, 15) is 18.8 Å². The fourth-order valence-electron chi connectivity index (χ4n) is 1.86. The monoisotopic (exact) mass is 372 g/mol. The highest BCUT2D eigenvalue weighted by Crippen LogP contribution is 2.36. The summed E-state index contributed by atoms with van der Waals surface area (Å²) in [6.45, 7) is -0.666. The number of nitrogens with one attached hydrogen (secondary N) is 1. The van der Waals surface area contributed by atoms with E-state index in [1.54, 1.807) is 0 Å². The van der Waals surface area contributed by atoms with Crippen molar-refractivity contribution in [3.05, 3.63) is 33.9 Å². The van der Waals surface area contributed by atoms with Crippen LogP contribution in [0.15, 0.2) is 18.2 Å². The Morgan fingerprint density at radius 3 is 2.75 bits per heavy atom. The minimum absolute atomic E-state index is 0.0963. The SMILES string of the molecule is CNC(=O)CN(C)C(=O)COC(=O)c1sc2cc(F)ccc2c1Cl. The number of benzene rings is 1. The van der Waals surface area contributed by atoms with Crippen LogP contribution in [0.4, 0.5) is 4.39 Å². The lowest BCUT2D eigenvalue weighted by Gasteiger charge is -2.15. The van der Waals surface area contributed by atoms with Crippen LogP contribution < -0.4 is 5.32 Å². The van der Waals surface area contributed by atoms with Gasteiger partial charge in [0.2, 0.25) is 5.91 Å². The van der Waals surface area contributed by atoms with Gasteiger partial charge in [-0.2, -0.15) is 0 Å². The number of nitrogens with zero attached hydrogens (tertiary/aromatic N) is 1. The number of hydrogen-bond donors (Lipinski definition) is 1. The van der Waals surface area contributed by atoms with Crippen LogP contribution in [-0.4, -0.2) is 49.9 Å². The molecule has 1 heterocycles. The summed E-state index contributed by atoms with van der Waals surface area (Å²) >= 11 is 7.09. The maximum absolute atomic E-state index is 13.2. The zero-order valence-electron chi connectivity index (χ0n) is 12.9. The predicted octanol–water partition coefficient (Wildman–Crippen LogP) is 2.06. The van der Waals surface area contributed by atoms with E-state index in [1.807, 2.05) is 0 Å². The van der Waals surface area contributed by atoms with Crippen LogP contribution >= 0.6 is 22.9 Å². The van der Waals surface area contributed by atoms with E-state index in [2.05, 4.69) is 5.32 Å². The summed E-state index contributed by atoms with van der Waals surface area (Å²) in [4.78, 5) is 36.3. The molecule has 0 aliphatic carbocycles. The van der Waals surface area contributed by atoms with Crippen molar-refractivity contribution in [2.75, 3.05) is 27.2 Å². The Hall–Kier alpha value is -2.19. The molecule has 2 aromatic rings. The van der Waals surface area contributed by atoms with Gasteiger partial charge in [0.1, 0.15) is 10.7 Å². The minimum atomic E-state index is -0.775. The van der Waals surface area contributed by atoms with Gasteiger partial charge in [-0.3, -0.25) is 9.59 Å². The van der Waals surface area contributed by atoms with Gasteiger partial charge in [-0.05, 0) is 18.2 Å². The number of carbonyl (C=O) groups excluding carboxylic acids is 3. The van der Waals surface area contributed by atoms with Gasteiger partial charge in [-0.25, -0.2) is 9.18 Å². The van der Waals surface area contributed by atoms with Crippen molar-refractivity contribution >= 4 is 50.8 Å². The van der Waals surface area contributed by atoms with Gasteiger partial charge >= 0.3 is 5.97 Å². The second-order valence-corrected chi connectivity index (χ2v) is 6.31. The summed E-state index contributed by atoms with van der Waals surface area (Å²) in [5.41, 5.74) is 0. The fourth-order valence-corrected chi connectivity index (χ4v) is 3.28. The average molecular weight is 373 g/mol. The highest BCUT2D eigenvalue weighted by molar-refractivity contribution is 7.21. The summed E-state index contributed by atoms with van der Waals surface area (Å²) in [7, 11) is 2.87. The van der Waals surface area contributed by atoms with E-state index < -0.39 is 24.3 Å². The molecule has 128 valence electrons. The Morgan fingerprint density at radius 1 is 1.38 bits per heavy atom. The fraction of sp³-hybridized carbons (Fsp3) is 0.267. The van der Waals surface area contributed by atoms with Crippen molar-refractivity contribution in [3.8, 4) is 0 Å². The number of halogens is 2. The second-order valence-electron chi connectivity index (χ2n) is 4.88. The molecule has 0 atom stereocenters. The molecule has 6 nitrogen and oxygen atoms in total. The van der Waals surface area contributed by atoms with E-state index in [0.717, 1.165) is 16.2 Å². The van der Waals surface area contributed by atoms with Gasteiger partial charge in [0.15, 0.2) is 6.61 Å². The molecule has 0 unspecified atom stereocenters. The van der Waals surface area contributed by atoms with Gasteiger partial charge in [0.05, 0.1) is 11.6 Å². The number of amides is 2. The first kappa shape index (κ1) is 18.2. The molecule has 9 heteroatoms. The number of likely N-dealkylation sites (N-methyl/N-ethyl adjacent to an activating group) is 2. The summed E-state index contributed by atoms with van der Waals surface area (Å²) in [5.74, 6) is -2.09. The Kier molecular flexibility index (Phi) is 5.74. The van der Waals surface area contributed by atoms with Crippen LogP contribution in [0.3, 0.4) is 0 Å². The van der Waals surface area contributed by atoms with Crippen LogP contribution in [0.2, 0.25) is 5.02 Å². The first-order valence-electron chi connectivity index (χ1n) is 6.82. The summed E-state index contributed by atoms with van der Waals surface area (Å²) in [6, 6.07) is 3.99. The number of esters is 1. The Balaban J connectivity index is 2.04. The Bertz CT molecular complexity index is 808. The molecular weight excluding hydrogens is 359 g/mol. The van der Waals surface area contributed by atoms with Crippen LogP contribution in [-0.2, 0) is 14.3 Å². The molecule has 0 bridgehead atoms. The number of carbonyl (C=O) groups is 3. The second kappa shape index (κ2) is 7.59. The van der Waals surface area contributed by atoms with Crippen molar-refractivity contribution < 1.29 is 23.5 Å². The Morgan fingerprint density at radius 2 is 2.08 bits per heavy atom. The number of thiophene rings is 1. The first-order chi connectivity index (χ1) is 11.3. The molecule has 0 radical (unpaired) electrons. The van der Waals surface area contributed by atoms with Gasteiger partial charge < -0.3 is 15.0 Å². The Labute approximate surface area is 146 Å². The third-order valence-corrected chi connectivity index (χ3v) is 4.83. The molecule has 1 aromatic carbocycles. The normalized spacial score (nSPS) is 10.5. The van der Waals surface area contributed by atoms with E-state index in [4.69, 9.17) is 16.3 Å². The van der Waals surface area contributed by atoms with Gasteiger partial charge in [-0.15, -0.1) is 11.3 Å². The molecule has 0 fully saturated rings. The molecule has 2 rings (SSSR count). The quantitative estimate of drug-likeness (QED) is 0.815. The highest BCUT2D eigenvalue weighted by atomic mass is 35.5. The van der Waals surface area contributed by atoms with Gasteiger partial charge in [0, 0.05) is 24.2 Å². The zero-order valence-corrected chi connectivity index (χ0v) is 14.5. The maximum Gasteiger partial charge on any atom is 0.350 e. The zero-order chi connectivity index (χ0) is 17.9. The third kappa shape index (κ3) is 4.01. The standard InChI is InChI=1S/C15H14ClFN2O4S/c1-18-11(20)6-19(2)12(21)7-23-15(22)14-13(16)9-4-3-8(17)5-10(9)24-14/h3-5H,6-7H2,1-2H3,(H,18,20). The molecule has 2 amide bonds. The molecule has 0 spiro atoms. The predicted molar refractivity (Wildman–Crippen MR) is 88.8 cm³/mol. The van der Waals surface area contributed by atoms with E-state index in [0.29, 0.717) is 10.1 Å². The largest absolute Gasteiger partial charge is 0.451 e. The van der Waals surface area contributed by atoms with Crippen LogP contribution in [0, 0.1) is 5.82 Å². The highest BCUT2D eigenvalue weighted by Gasteiger charge is 2.21. The molecule has 0 aliphatic heterocycles. The average Bonchev–Trinajstić information content (AvgIpc) is 2.88. The van der Waals surface area contributed by atoms with E-state index >= 15 is 0 Å². The minimum Gasteiger partial charge on any atom is -0.451 e. The smallest absolute Gasteiger partial charge is 0.350 e. The lowest BCUT2D eigenvalue weighted by atomic mass is 10.2. The number of ether oxygens (including phenoxy) is 1. The van der Waals surface area contributed by atoms with Crippen LogP contribution in [0.5, 0.6) is 0 Å². The molecular formula is C15H14ClFN2O4S. The molecule has 0 aliphatic rings. The van der Waals surface area contributed by atoms with Crippen LogP contribution in [0.25, 0.3) is 10.1 Å². The molecule has 1 N–H and O–H groups in total. The lowest BCUT2D eigenvalue weighted by molar-refractivity contribution is -0.137. The van der Waals surface area contributed by atoms with Crippen molar-refractivity contribution in [1.29, 1.82) is 0 Å². The maximum atomic E-state index is 13.2. The van der Waals surface area contributed by atoms with Crippen molar-refractivity contribution in [1.82, 2.24) is 10.2 Å². The molecule has 1 aromatic heterocycles. The van der Waals surface area contributed by atoms with Crippen molar-refractivity contribution in [2.45, 2.75) is 0 Å². The summed E-state index contributed by atoms with van der Waals surface area (Å²) in [6.07, 6.45) is 0. The lowest BCUT2D eigenvalue weighted by Crippen LogP contribution is -2.39. The number of fused-ring (bicyclic) bond motifs is 1. The molecule has 0 saturated heterocycles. The van der Waals surface area contributed by atoms with Crippen LogP contribution in [0.1, 0.15) is 9.67 Å². The first-order valence-corrected chi connectivity index (χ1v) is 8.02. The van der Waals surface area contributed by atoms with Crippen molar-refractivity contribution in [2.24, 2.45) is 0 Å². The third-order valence-electron chi connectivity index (χ3n) is 3.19.